The van der Waals surface area contributed by atoms with Crippen LogP contribution in [0, 0.1) is 12.3 Å². The van der Waals surface area contributed by atoms with Crippen LogP contribution in [0.2, 0.25) is 0 Å². The molecule has 1 fully saturated rings. The van der Waals surface area contributed by atoms with Gasteiger partial charge in [0.25, 0.3) is 5.91 Å². The van der Waals surface area contributed by atoms with E-state index in [1.165, 1.54) is 4.68 Å². The number of nitrogens with zero attached hydrogens (tertiary/aromatic N) is 2. The van der Waals surface area contributed by atoms with Gasteiger partial charge in [-0.3, -0.25) is 9.48 Å². The lowest BCUT2D eigenvalue weighted by atomic mass is 9.54. The Hall–Kier alpha value is -1.89. The number of carboxylic acids is 1. The number of carbonyl (C=O) groups excluding carboxylic acids is 1. The van der Waals surface area contributed by atoms with Gasteiger partial charge in [0.15, 0.2) is 0 Å². The van der Waals surface area contributed by atoms with Crippen molar-refractivity contribution in [2.24, 2.45) is 12.5 Å². The molecule has 0 aromatic carbocycles. The summed E-state index contributed by atoms with van der Waals surface area (Å²) in [5, 5.41) is 16.5. The number of aliphatic carboxylic acids is 1. The molecule has 0 bridgehead atoms. The highest BCUT2D eigenvalue weighted by Gasteiger charge is 2.66. The molecule has 1 saturated carbocycles. The maximum atomic E-state index is 12.5. The molecule has 0 aliphatic heterocycles. The van der Waals surface area contributed by atoms with E-state index in [1.54, 1.807) is 33.9 Å². The van der Waals surface area contributed by atoms with Gasteiger partial charge in [-0.1, -0.05) is 13.8 Å². The van der Waals surface area contributed by atoms with E-state index in [4.69, 9.17) is 4.74 Å². The van der Waals surface area contributed by atoms with E-state index in [-0.39, 0.29) is 12.5 Å². The largest absolute Gasteiger partial charge is 0.479 e. The molecule has 1 heterocycles. The molecule has 1 aromatic heterocycles. The first-order valence-electron chi connectivity index (χ1n) is 7.34. The van der Waals surface area contributed by atoms with Crippen LogP contribution in [0.15, 0.2) is 6.07 Å². The van der Waals surface area contributed by atoms with Gasteiger partial charge in [0.2, 0.25) is 0 Å². The third kappa shape index (κ3) is 2.29. The van der Waals surface area contributed by atoms with Crippen molar-refractivity contribution in [3.63, 3.8) is 0 Å². The van der Waals surface area contributed by atoms with Gasteiger partial charge >= 0.3 is 5.97 Å². The van der Waals surface area contributed by atoms with Crippen LogP contribution in [-0.2, 0) is 16.6 Å². The molecular formula is C15H23N3O4. The van der Waals surface area contributed by atoms with E-state index in [0.29, 0.717) is 18.0 Å². The molecule has 0 spiro atoms. The summed E-state index contributed by atoms with van der Waals surface area (Å²) in [5.74, 6) is -1.48. The fraction of sp³-hybridized carbons (Fsp3) is 0.667. The standard InChI is InChI=1S/C15H23N3O4/c1-6-22-11-8-15(13(20)21,14(11,3)4)16-12(19)10-7-9(2)17-18(10)5/h7,11H,6,8H2,1-5H3,(H,16,19)(H,20,21)/t11-,15+/m1/s1. The van der Waals surface area contributed by atoms with Gasteiger partial charge in [-0.05, 0) is 19.9 Å². The maximum absolute atomic E-state index is 12.5. The number of carbonyl (C=O) groups is 2. The number of aryl methyl sites for hydroxylation is 2. The van der Waals surface area contributed by atoms with Gasteiger partial charge < -0.3 is 15.2 Å². The van der Waals surface area contributed by atoms with Gasteiger partial charge in [0, 0.05) is 25.5 Å². The quantitative estimate of drug-likeness (QED) is 0.850. The molecule has 1 aromatic rings. The predicted octanol–water partition coefficient (Wildman–Crippen LogP) is 1.12. The van der Waals surface area contributed by atoms with Gasteiger partial charge in [0.05, 0.1) is 11.8 Å². The van der Waals surface area contributed by atoms with Crippen LogP contribution < -0.4 is 5.32 Å². The Bertz CT molecular complexity index is 608. The lowest BCUT2D eigenvalue weighted by molar-refractivity contribution is -0.190. The van der Waals surface area contributed by atoms with Crippen LogP contribution in [0.5, 0.6) is 0 Å². The summed E-state index contributed by atoms with van der Waals surface area (Å²) >= 11 is 0. The monoisotopic (exact) mass is 309 g/mol. The van der Waals surface area contributed by atoms with E-state index < -0.39 is 22.8 Å². The van der Waals surface area contributed by atoms with Gasteiger partial charge in [-0.25, -0.2) is 4.79 Å². The van der Waals surface area contributed by atoms with Crippen molar-refractivity contribution in [2.75, 3.05) is 6.61 Å². The first-order chi connectivity index (χ1) is 10.2. The number of carboxylic acid groups (broad SMARTS) is 1. The SMILES string of the molecule is CCO[C@@H]1C[C@](NC(=O)c2cc(C)nn2C)(C(=O)O)C1(C)C. The Labute approximate surface area is 129 Å². The number of hydrogen-bond donors (Lipinski definition) is 2. The molecule has 122 valence electrons. The Morgan fingerprint density at radius 3 is 2.59 bits per heavy atom. The summed E-state index contributed by atoms with van der Waals surface area (Å²) in [5.41, 5.74) is -0.980. The second-order valence-electron chi connectivity index (χ2n) is 6.33. The molecule has 0 radical (unpaired) electrons. The van der Waals surface area contributed by atoms with Crippen LogP contribution in [0.4, 0.5) is 0 Å². The summed E-state index contributed by atoms with van der Waals surface area (Å²) in [4.78, 5) is 24.3. The van der Waals surface area contributed by atoms with Gasteiger partial charge in [-0.2, -0.15) is 5.10 Å². The van der Waals surface area contributed by atoms with Crippen molar-refractivity contribution in [3.05, 3.63) is 17.5 Å². The van der Waals surface area contributed by atoms with Crippen LogP contribution in [0.25, 0.3) is 0 Å². The molecule has 1 aliphatic carbocycles. The van der Waals surface area contributed by atoms with E-state index >= 15 is 0 Å². The highest BCUT2D eigenvalue weighted by molar-refractivity contribution is 5.97. The number of hydrogen-bond acceptors (Lipinski definition) is 4. The zero-order chi connectivity index (χ0) is 16.7. The van der Waals surface area contributed by atoms with E-state index in [1.807, 2.05) is 6.92 Å². The zero-order valence-electron chi connectivity index (χ0n) is 13.6. The van der Waals surface area contributed by atoms with E-state index in [2.05, 4.69) is 10.4 Å². The molecule has 2 rings (SSSR count). The molecule has 22 heavy (non-hydrogen) atoms. The molecule has 2 N–H and O–H groups in total. The molecule has 0 unspecified atom stereocenters. The molecule has 7 heteroatoms. The van der Waals surface area contributed by atoms with Crippen LogP contribution in [-0.4, -0.2) is 45.0 Å². The third-order valence-electron chi connectivity index (χ3n) is 4.69. The normalized spacial score (nSPS) is 26.3. The van der Waals surface area contributed by atoms with Crippen molar-refractivity contribution in [3.8, 4) is 0 Å². The molecular weight excluding hydrogens is 286 g/mol. The molecule has 0 saturated heterocycles. The fourth-order valence-corrected chi connectivity index (χ4v) is 3.12. The van der Waals surface area contributed by atoms with Crippen molar-refractivity contribution >= 4 is 11.9 Å². The lowest BCUT2D eigenvalue weighted by Crippen LogP contribution is -2.76. The minimum atomic E-state index is -1.33. The summed E-state index contributed by atoms with van der Waals surface area (Å²) in [7, 11) is 1.66. The number of aromatic nitrogens is 2. The third-order valence-corrected chi connectivity index (χ3v) is 4.69. The first kappa shape index (κ1) is 16.5. The minimum absolute atomic E-state index is 0.192. The average molecular weight is 309 g/mol. The first-order valence-corrected chi connectivity index (χ1v) is 7.34. The zero-order valence-corrected chi connectivity index (χ0v) is 13.6. The Kier molecular flexibility index (Phi) is 4.04. The van der Waals surface area contributed by atoms with Crippen LogP contribution in [0.3, 0.4) is 0 Å². The minimum Gasteiger partial charge on any atom is -0.479 e. The summed E-state index contributed by atoms with van der Waals surface area (Å²) in [6.45, 7) is 7.77. The van der Waals surface area contributed by atoms with Crippen molar-refractivity contribution in [2.45, 2.75) is 45.8 Å². The number of rotatable bonds is 5. The van der Waals surface area contributed by atoms with Crippen LogP contribution >= 0.6 is 0 Å². The molecule has 2 atom stereocenters. The Morgan fingerprint density at radius 2 is 2.18 bits per heavy atom. The van der Waals surface area contributed by atoms with E-state index in [9.17, 15) is 14.7 Å². The summed E-state index contributed by atoms with van der Waals surface area (Å²) < 4.78 is 7.03. The topological polar surface area (TPSA) is 93.5 Å². The van der Waals surface area contributed by atoms with Gasteiger partial charge in [0.1, 0.15) is 11.2 Å². The second kappa shape index (κ2) is 5.39. The number of nitrogens with one attached hydrogen (secondary N) is 1. The van der Waals surface area contributed by atoms with Crippen molar-refractivity contribution in [1.82, 2.24) is 15.1 Å². The Balaban J connectivity index is 2.26. The van der Waals surface area contributed by atoms with Gasteiger partial charge in [-0.15, -0.1) is 0 Å². The summed E-state index contributed by atoms with van der Waals surface area (Å²) in [6, 6.07) is 1.64. The lowest BCUT2D eigenvalue weighted by Gasteiger charge is -2.58. The fourth-order valence-electron chi connectivity index (χ4n) is 3.12. The average Bonchev–Trinajstić information content (AvgIpc) is 2.75. The molecule has 7 nitrogen and oxygen atoms in total. The predicted molar refractivity (Wildman–Crippen MR) is 79.6 cm³/mol. The number of ether oxygens (including phenoxy) is 1. The molecule has 1 amide bonds. The highest BCUT2D eigenvalue weighted by atomic mass is 16.5. The highest BCUT2D eigenvalue weighted by Crippen LogP contribution is 2.51. The second-order valence-corrected chi connectivity index (χ2v) is 6.33. The Morgan fingerprint density at radius 1 is 1.55 bits per heavy atom. The van der Waals surface area contributed by atoms with Crippen molar-refractivity contribution < 1.29 is 19.4 Å². The smallest absolute Gasteiger partial charge is 0.330 e. The maximum Gasteiger partial charge on any atom is 0.330 e. The number of amides is 1. The van der Waals surface area contributed by atoms with Crippen molar-refractivity contribution in [1.29, 1.82) is 0 Å². The molecule has 1 aliphatic rings. The van der Waals surface area contributed by atoms with Crippen LogP contribution in [0.1, 0.15) is 43.4 Å². The summed E-state index contributed by atoms with van der Waals surface area (Å²) in [6.07, 6.45) is 0.0633. The van der Waals surface area contributed by atoms with E-state index in [0.717, 1.165) is 0 Å².